The van der Waals surface area contributed by atoms with E-state index in [4.69, 9.17) is 29.4 Å². The van der Waals surface area contributed by atoms with Crippen LogP contribution in [0.1, 0.15) is 26.7 Å². The fraction of sp³-hybridized carbons (Fsp3) is 0.727. The number of carbonyl (C=O) groups is 2. The molecule has 0 rings (SSSR count). The van der Waals surface area contributed by atoms with E-state index in [0.29, 0.717) is 11.5 Å². The van der Waals surface area contributed by atoms with Crippen LogP contribution in [0.15, 0.2) is 0 Å². The second-order valence-corrected chi connectivity index (χ2v) is 5.43. The average Bonchev–Trinajstić information content (AvgIpc) is 2.14. The Balaban J connectivity index is 4.22. The van der Waals surface area contributed by atoms with Gasteiger partial charge < -0.3 is 17.2 Å². The maximum Gasteiger partial charge on any atom is 0.231 e. The van der Waals surface area contributed by atoms with Crippen LogP contribution in [0, 0.1) is 5.41 Å². The van der Waals surface area contributed by atoms with Crippen molar-refractivity contribution in [1.29, 1.82) is 0 Å². The molecule has 0 fully saturated rings. The summed E-state index contributed by atoms with van der Waals surface area (Å²) in [7, 11) is 0. The van der Waals surface area contributed by atoms with Gasteiger partial charge >= 0.3 is 0 Å². The first-order valence-corrected chi connectivity index (χ1v) is 6.15. The Morgan fingerprint density at radius 2 is 1.56 bits per heavy atom. The Morgan fingerprint density at radius 3 is 1.89 bits per heavy atom. The largest absolute Gasteiger partial charge is 0.393 e. The van der Waals surface area contributed by atoms with Crippen molar-refractivity contribution in [2.75, 3.05) is 19.6 Å². The number of hydrogen-bond acceptors (Lipinski definition) is 4. The third kappa shape index (κ3) is 7.18. The zero-order chi connectivity index (χ0) is 14.3. The van der Waals surface area contributed by atoms with E-state index in [0.717, 1.165) is 12.8 Å². The van der Waals surface area contributed by atoms with Crippen LogP contribution in [0.4, 0.5) is 0 Å². The van der Waals surface area contributed by atoms with Crippen molar-refractivity contribution in [3.63, 3.8) is 0 Å². The predicted octanol–water partition coefficient (Wildman–Crippen LogP) is -0.648. The second-order valence-electron chi connectivity index (χ2n) is 4.99. The Morgan fingerprint density at radius 1 is 1.11 bits per heavy atom. The third-order valence-electron chi connectivity index (χ3n) is 2.70. The van der Waals surface area contributed by atoms with Crippen LogP contribution in [-0.4, -0.2) is 41.3 Å². The minimum atomic E-state index is -0.482. The van der Waals surface area contributed by atoms with Gasteiger partial charge in [-0.3, -0.25) is 14.5 Å². The molecule has 0 spiro atoms. The lowest BCUT2D eigenvalue weighted by atomic mass is 9.88. The van der Waals surface area contributed by atoms with Gasteiger partial charge in [0.1, 0.15) is 0 Å². The average molecular weight is 274 g/mol. The van der Waals surface area contributed by atoms with Gasteiger partial charge in [0.2, 0.25) is 11.8 Å². The quantitative estimate of drug-likeness (QED) is 0.483. The van der Waals surface area contributed by atoms with Crippen molar-refractivity contribution in [1.82, 2.24) is 4.90 Å². The first-order valence-electron chi connectivity index (χ1n) is 5.74. The van der Waals surface area contributed by atoms with Crippen molar-refractivity contribution < 1.29 is 9.59 Å². The van der Waals surface area contributed by atoms with Crippen molar-refractivity contribution in [2.45, 2.75) is 26.7 Å². The molecular weight excluding hydrogens is 252 g/mol. The molecule has 0 bridgehead atoms. The maximum atomic E-state index is 10.8. The summed E-state index contributed by atoms with van der Waals surface area (Å²) >= 11 is 4.97. The summed E-state index contributed by atoms with van der Waals surface area (Å²) in [6.45, 7) is 4.52. The highest BCUT2D eigenvalue weighted by atomic mass is 32.1. The molecule has 0 aromatic rings. The molecule has 0 atom stereocenters. The molecule has 0 radical (unpaired) electrons. The molecule has 0 unspecified atom stereocenters. The number of rotatable bonds is 9. The van der Waals surface area contributed by atoms with Gasteiger partial charge in [0.25, 0.3) is 0 Å². The number of nitrogens with zero attached hydrogens (tertiary/aromatic N) is 1. The molecule has 6 nitrogen and oxygen atoms in total. The van der Waals surface area contributed by atoms with E-state index in [-0.39, 0.29) is 18.5 Å². The fourth-order valence-electron chi connectivity index (χ4n) is 1.52. The predicted molar refractivity (Wildman–Crippen MR) is 74.6 cm³/mol. The minimum absolute atomic E-state index is 0.0242. The van der Waals surface area contributed by atoms with Gasteiger partial charge in [0.05, 0.1) is 18.1 Å². The van der Waals surface area contributed by atoms with Gasteiger partial charge in [-0.05, 0) is 19.4 Å². The number of thiocarbonyl (C=S) groups is 1. The third-order valence-corrected chi connectivity index (χ3v) is 3.25. The number of primary amides is 2. The molecule has 6 N–H and O–H groups in total. The van der Waals surface area contributed by atoms with E-state index in [2.05, 4.69) is 0 Å². The summed E-state index contributed by atoms with van der Waals surface area (Å²) in [6.07, 6.45) is 1.53. The normalized spacial score (nSPS) is 11.5. The summed E-state index contributed by atoms with van der Waals surface area (Å²) in [4.78, 5) is 23.8. The minimum Gasteiger partial charge on any atom is -0.393 e. The van der Waals surface area contributed by atoms with Crippen molar-refractivity contribution in [3.8, 4) is 0 Å². The highest BCUT2D eigenvalue weighted by Gasteiger charge is 2.21. The molecule has 0 heterocycles. The van der Waals surface area contributed by atoms with E-state index in [1.807, 2.05) is 13.8 Å². The lowest BCUT2D eigenvalue weighted by Crippen LogP contribution is -2.40. The van der Waals surface area contributed by atoms with Gasteiger partial charge in [0, 0.05) is 5.41 Å². The standard InChI is InChI=1S/C11H22N4O2S/c1-11(2,10(14)18)4-3-5-15(6-8(12)16)7-9(13)17/h3-7H2,1-2H3,(H2,12,16)(H2,13,17)(H2,14,18). The Labute approximate surface area is 113 Å². The number of carbonyl (C=O) groups excluding carboxylic acids is 2. The molecule has 18 heavy (non-hydrogen) atoms. The van der Waals surface area contributed by atoms with Crippen molar-refractivity contribution in [3.05, 3.63) is 0 Å². The summed E-state index contributed by atoms with van der Waals surface area (Å²) in [5.74, 6) is -0.963. The Kier molecular flexibility index (Phi) is 6.79. The molecule has 7 heteroatoms. The molecule has 0 saturated heterocycles. The van der Waals surface area contributed by atoms with E-state index < -0.39 is 11.8 Å². The van der Waals surface area contributed by atoms with Crippen molar-refractivity contribution in [2.24, 2.45) is 22.6 Å². The van der Waals surface area contributed by atoms with Crippen LogP contribution in [0.2, 0.25) is 0 Å². The van der Waals surface area contributed by atoms with Crippen LogP contribution in [0.5, 0.6) is 0 Å². The summed E-state index contributed by atoms with van der Waals surface area (Å²) < 4.78 is 0. The molecule has 2 amide bonds. The SMILES string of the molecule is CC(C)(CCCN(CC(N)=O)CC(N)=O)C(N)=S. The number of nitrogens with two attached hydrogens (primary N) is 3. The highest BCUT2D eigenvalue weighted by Crippen LogP contribution is 2.22. The number of hydrogen-bond donors (Lipinski definition) is 3. The van der Waals surface area contributed by atoms with Gasteiger partial charge in [-0.25, -0.2) is 0 Å². The zero-order valence-electron chi connectivity index (χ0n) is 10.9. The monoisotopic (exact) mass is 274 g/mol. The molecular formula is C11H22N4O2S. The van der Waals surface area contributed by atoms with Gasteiger partial charge in [0.15, 0.2) is 0 Å². The lowest BCUT2D eigenvalue weighted by Gasteiger charge is -2.25. The summed E-state index contributed by atoms with van der Waals surface area (Å²) in [6, 6.07) is 0. The highest BCUT2D eigenvalue weighted by molar-refractivity contribution is 7.80. The molecule has 0 aliphatic rings. The van der Waals surface area contributed by atoms with E-state index in [1.54, 1.807) is 4.90 Å². The topological polar surface area (TPSA) is 115 Å². The van der Waals surface area contributed by atoms with Gasteiger partial charge in [-0.2, -0.15) is 0 Å². The van der Waals surface area contributed by atoms with Gasteiger partial charge in [-0.15, -0.1) is 0 Å². The van der Waals surface area contributed by atoms with Gasteiger partial charge in [-0.1, -0.05) is 26.1 Å². The molecule has 0 aromatic heterocycles. The van der Waals surface area contributed by atoms with E-state index in [9.17, 15) is 9.59 Å². The Hall–Kier alpha value is -1.21. The van der Waals surface area contributed by atoms with E-state index in [1.165, 1.54) is 0 Å². The first-order chi connectivity index (χ1) is 8.15. The molecule has 0 aliphatic carbocycles. The molecule has 0 saturated carbocycles. The van der Waals surface area contributed by atoms with Crippen molar-refractivity contribution >= 4 is 29.0 Å². The summed E-state index contributed by atoms with van der Waals surface area (Å²) in [5, 5.41) is 0. The number of amides is 2. The maximum absolute atomic E-state index is 10.8. The smallest absolute Gasteiger partial charge is 0.231 e. The van der Waals surface area contributed by atoms with E-state index >= 15 is 0 Å². The van der Waals surface area contributed by atoms with Crippen LogP contribution >= 0.6 is 12.2 Å². The molecule has 0 aliphatic heterocycles. The molecule has 0 aromatic carbocycles. The summed E-state index contributed by atoms with van der Waals surface area (Å²) in [5.41, 5.74) is 15.6. The van der Waals surface area contributed by atoms with Crippen LogP contribution < -0.4 is 17.2 Å². The first kappa shape index (κ1) is 16.8. The lowest BCUT2D eigenvalue weighted by molar-refractivity contribution is -0.121. The van der Waals surface area contributed by atoms with Crippen LogP contribution in [0.3, 0.4) is 0 Å². The zero-order valence-corrected chi connectivity index (χ0v) is 11.8. The fourth-order valence-corrected chi connectivity index (χ4v) is 1.62. The van der Waals surface area contributed by atoms with Crippen LogP contribution in [0.25, 0.3) is 0 Å². The van der Waals surface area contributed by atoms with Crippen LogP contribution in [-0.2, 0) is 9.59 Å². The second kappa shape index (κ2) is 7.27. The molecule has 104 valence electrons. The Bertz CT molecular complexity index is 315.